The van der Waals surface area contributed by atoms with Crippen LogP contribution in [0.1, 0.15) is 11.1 Å². The predicted molar refractivity (Wildman–Crippen MR) is 102 cm³/mol. The van der Waals surface area contributed by atoms with Crippen LogP contribution in [0.4, 0.5) is 5.69 Å². The maximum atomic E-state index is 10.1. The topological polar surface area (TPSA) is 72.8 Å². The van der Waals surface area contributed by atoms with Gasteiger partial charge in [-0.05, 0) is 48.1 Å². The van der Waals surface area contributed by atoms with Crippen molar-refractivity contribution >= 4 is 39.0 Å². The Balaban J connectivity index is 1.80. The minimum atomic E-state index is 0.415. The van der Waals surface area contributed by atoms with E-state index < -0.39 is 0 Å². The van der Waals surface area contributed by atoms with E-state index >= 15 is 0 Å². The predicted octanol–water partition coefficient (Wildman–Crippen LogP) is 5.22. The zero-order chi connectivity index (χ0) is 18.1. The van der Waals surface area contributed by atoms with Crippen molar-refractivity contribution in [2.75, 3.05) is 0 Å². The molecule has 6 heteroatoms. The Labute approximate surface area is 158 Å². The molecule has 2 aromatic rings. The zero-order valence-corrected chi connectivity index (χ0v) is 15.0. The van der Waals surface area contributed by atoms with Crippen LogP contribution in [0.3, 0.4) is 0 Å². The molecule has 4 rings (SSSR count). The lowest BCUT2D eigenvalue weighted by atomic mass is 10.00. The molecule has 0 radical (unpaired) electrons. The van der Waals surface area contributed by atoms with Crippen molar-refractivity contribution in [1.82, 2.24) is 5.06 Å². The van der Waals surface area contributed by atoms with Crippen LogP contribution in [0, 0.1) is 11.3 Å². The van der Waals surface area contributed by atoms with Crippen LogP contribution in [0.5, 0.6) is 0 Å². The molecule has 0 aliphatic carbocycles. The van der Waals surface area contributed by atoms with Gasteiger partial charge in [0.1, 0.15) is 0 Å². The first kappa shape index (κ1) is 16.3. The summed E-state index contributed by atoms with van der Waals surface area (Å²) in [5, 5.41) is 20.8. The van der Waals surface area contributed by atoms with Crippen LogP contribution in [0.25, 0.3) is 11.1 Å². The average Bonchev–Trinajstić information content (AvgIpc) is 3.31. The third-order valence-corrected chi connectivity index (χ3v) is 4.60. The lowest BCUT2D eigenvalue weighted by Crippen LogP contribution is -2.13. The van der Waals surface area contributed by atoms with E-state index in [0.29, 0.717) is 11.3 Å². The summed E-state index contributed by atoms with van der Waals surface area (Å²) in [6, 6.07) is 9.77. The standard InChI is InChI=1S/C20H12BrN3O2/c21-16-1-2-20-18(9-16)19(11-23-20)15(10-22)8-17-7-13(3-5-24(17)25)14-4-6-26-12-14/h1-9,11-12,25H. The van der Waals surface area contributed by atoms with E-state index in [2.05, 4.69) is 27.0 Å². The van der Waals surface area contributed by atoms with Crippen molar-refractivity contribution in [3.8, 4) is 6.07 Å². The summed E-state index contributed by atoms with van der Waals surface area (Å²) in [6.07, 6.45) is 11.6. The Morgan fingerprint density at radius 3 is 3.00 bits per heavy atom. The highest BCUT2D eigenvalue weighted by atomic mass is 79.9. The maximum absolute atomic E-state index is 10.1. The Hall–Kier alpha value is -3.14. The van der Waals surface area contributed by atoms with Crippen molar-refractivity contribution < 1.29 is 9.62 Å². The number of hydrogen-bond donors (Lipinski definition) is 1. The number of benzene rings is 1. The van der Waals surface area contributed by atoms with Gasteiger partial charge in [0.05, 0.1) is 35.6 Å². The fraction of sp³-hybridized carbons (Fsp3) is 0. The van der Waals surface area contributed by atoms with E-state index in [4.69, 9.17) is 4.42 Å². The van der Waals surface area contributed by atoms with Gasteiger partial charge in [-0.1, -0.05) is 15.9 Å². The van der Waals surface area contributed by atoms with E-state index in [1.807, 2.05) is 24.3 Å². The van der Waals surface area contributed by atoms with E-state index in [9.17, 15) is 10.5 Å². The molecule has 0 amide bonds. The smallest absolute Gasteiger partial charge is 0.0999 e. The summed E-state index contributed by atoms with van der Waals surface area (Å²) in [5.41, 5.74) is 5.07. The highest BCUT2D eigenvalue weighted by Crippen LogP contribution is 2.36. The summed E-state index contributed by atoms with van der Waals surface area (Å²) in [5.74, 6) is 0. The monoisotopic (exact) mass is 405 g/mol. The molecule has 1 aromatic heterocycles. The molecule has 2 aliphatic heterocycles. The Morgan fingerprint density at radius 1 is 1.35 bits per heavy atom. The lowest BCUT2D eigenvalue weighted by Gasteiger charge is -2.18. The first-order chi connectivity index (χ1) is 12.7. The molecule has 5 nitrogen and oxygen atoms in total. The van der Waals surface area contributed by atoms with Gasteiger partial charge in [-0.3, -0.25) is 10.2 Å². The second-order valence-electron chi connectivity index (χ2n) is 5.70. The van der Waals surface area contributed by atoms with E-state index in [1.165, 1.54) is 6.20 Å². The molecular weight excluding hydrogens is 394 g/mol. The number of rotatable bonds is 2. The summed E-state index contributed by atoms with van der Waals surface area (Å²) < 4.78 is 6.02. The molecule has 3 heterocycles. The molecule has 0 saturated heterocycles. The normalized spacial score (nSPS) is 18.7. The third kappa shape index (κ3) is 2.94. The average molecular weight is 406 g/mol. The zero-order valence-electron chi connectivity index (χ0n) is 13.4. The fourth-order valence-electron chi connectivity index (χ4n) is 2.80. The molecule has 2 aliphatic rings. The second-order valence-corrected chi connectivity index (χ2v) is 6.62. The molecule has 1 N–H and O–H groups in total. The number of furan rings is 1. The summed E-state index contributed by atoms with van der Waals surface area (Å²) in [4.78, 5) is 4.36. The Morgan fingerprint density at radius 2 is 2.23 bits per heavy atom. The van der Waals surface area contributed by atoms with Crippen molar-refractivity contribution in [3.63, 3.8) is 0 Å². The number of nitriles is 1. The van der Waals surface area contributed by atoms with Gasteiger partial charge in [-0.15, -0.1) is 0 Å². The number of hydroxylamine groups is 2. The number of nitrogens with zero attached hydrogens (tertiary/aromatic N) is 3. The quantitative estimate of drug-likeness (QED) is 0.694. The Bertz CT molecular complexity index is 1070. The highest BCUT2D eigenvalue weighted by Gasteiger charge is 2.18. The largest absolute Gasteiger partial charge is 0.472 e. The van der Waals surface area contributed by atoms with Crippen LogP contribution >= 0.6 is 15.9 Å². The second kappa shape index (κ2) is 6.64. The van der Waals surface area contributed by atoms with Gasteiger partial charge in [0, 0.05) is 33.6 Å². The van der Waals surface area contributed by atoms with Gasteiger partial charge in [0.15, 0.2) is 0 Å². The van der Waals surface area contributed by atoms with Gasteiger partial charge in [-0.2, -0.15) is 5.26 Å². The van der Waals surface area contributed by atoms with Crippen LogP contribution in [-0.2, 0) is 0 Å². The molecule has 0 saturated carbocycles. The van der Waals surface area contributed by atoms with Crippen LogP contribution in [0.2, 0.25) is 0 Å². The van der Waals surface area contributed by atoms with Gasteiger partial charge in [0.25, 0.3) is 0 Å². The molecule has 0 spiro atoms. The maximum Gasteiger partial charge on any atom is 0.0999 e. The van der Waals surface area contributed by atoms with Crippen molar-refractivity contribution in [2.45, 2.75) is 0 Å². The van der Waals surface area contributed by atoms with Crippen LogP contribution in [-0.4, -0.2) is 16.5 Å². The number of fused-ring (bicyclic) bond motifs is 1. The van der Waals surface area contributed by atoms with Crippen LogP contribution in [0.15, 0.2) is 86.4 Å². The number of aliphatic imine (C=N–C) groups is 1. The van der Waals surface area contributed by atoms with E-state index in [-0.39, 0.29) is 0 Å². The van der Waals surface area contributed by atoms with E-state index in [0.717, 1.165) is 37.5 Å². The minimum absolute atomic E-state index is 0.415. The lowest BCUT2D eigenvalue weighted by molar-refractivity contribution is 0.000000811. The van der Waals surface area contributed by atoms with Crippen molar-refractivity contribution in [1.29, 1.82) is 5.26 Å². The molecule has 0 fully saturated rings. The first-order valence-electron chi connectivity index (χ1n) is 7.76. The third-order valence-electron chi connectivity index (χ3n) is 4.10. The van der Waals surface area contributed by atoms with Crippen molar-refractivity contribution in [3.05, 3.63) is 88.1 Å². The molecule has 126 valence electrons. The van der Waals surface area contributed by atoms with Crippen LogP contribution < -0.4 is 0 Å². The van der Waals surface area contributed by atoms with Gasteiger partial charge < -0.3 is 4.42 Å². The van der Waals surface area contributed by atoms with Gasteiger partial charge in [0.2, 0.25) is 0 Å². The fourth-order valence-corrected chi connectivity index (χ4v) is 3.16. The number of halogens is 1. The number of allylic oxidation sites excluding steroid dienone is 6. The van der Waals surface area contributed by atoms with Crippen molar-refractivity contribution in [2.24, 2.45) is 4.99 Å². The first-order valence-corrected chi connectivity index (χ1v) is 8.55. The highest BCUT2D eigenvalue weighted by molar-refractivity contribution is 9.10. The Kier molecular flexibility index (Phi) is 4.17. The summed E-state index contributed by atoms with van der Waals surface area (Å²) >= 11 is 3.45. The summed E-state index contributed by atoms with van der Waals surface area (Å²) in [7, 11) is 0. The minimum Gasteiger partial charge on any atom is -0.472 e. The molecule has 0 bridgehead atoms. The molecule has 0 unspecified atom stereocenters. The molecule has 1 aromatic carbocycles. The molecule has 0 atom stereocenters. The SMILES string of the molecule is N#CC(C=C1C=C(c2ccoc2)C=CN1O)=C1C=Nc2ccc(Br)cc21. The summed E-state index contributed by atoms with van der Waals surface area (Å²) in [6.45, 7) is 0. The molecular formula is C20H12BrN3O2. The van der Waals surface area contributed by atoms with E-state index in [1.54, 1.807) is 37.0 Å². The van der Waals surface area contributed by atoms with Gasteiger partial charge in [-0.25, -0.2) is 5.06 Å². The number of hydrogen-bond acceptors (Lipinski definition) is 5. The molecule has 26 heavy (non-hydrogen) atoms. The van der Waals surface area contributed by atoms with Gasteiger partial charge >= 0.3 is 0 Å².